The average Bonchev–Trinajstić information content (AvgIpc) is 3.43. The summed E-state index contributed by atoms with van der Waals surface area (Å²) in [4.78, 5) is 6.45. The molecular weight excluding hydrogens is 390 g/mol. The van der Waals surface area contributed by atoms with Crippen LogP contribution in [0, 0.1) is 0 Å². The smallest absolute Gasteiger partial charge is 0.294 e. The minimum atomic E-state index is 0.111. The highest BCUT2D eigenvalue weighted by atomic mass is 32.1. The number of nitrogens with zero attached hydrogens (tertiary/aromatic N) is 5. The normalized spacial score (nSPS) is 26.7. The van der Waals surface area contributed by atoms with E-state index in [1.807, 2.05) is 22.9 Å². The minimum absolute atomic E-state index is 0.111. The van der Waals surface area contributed by atoms with Crippen molar-refractivity contribution in [3.63, 3.8) is 0 Å². The van der Waals surface area contributed by atoms with Gasteiger partial charge in [-0.15, -0.1) is 5.10 Å². The Kier molecular flexibility index (Phi) is 4.73. The van der Waals surface area contributed by atoms with E-state index in [2.05, 4.69) is 27.1 Å². The molecule has 3 aromatic rings. The van der Waals surface area contributed by atoms with Gasteiger partial charge in [0.1, 0.15) is 11.9 Å². The Morgan fingerprint density at radius 2 is 2.10 bits per heavy atom. The number of aromatic hydroxyl groups is 1. The van der Waals surface area contributed by atoms with Crippen molar-refractivity contribution >= 4 is 11.3 Å². The van der Waals surface area contributed by atoms with E-state index in [0.717, 1.165) is 24.9 Å². The molecule has 8 nitrogen and oxygen atoms in total. The number of phenolic OH excluding ortho intramolecular Hbond substituents is 1. The molecule has 0 unspecified atom stereocenters. The molecule has 0 aliphatic carbocycles. The third kappa shape index (κ3) is 3.39. The van der Waals surface area contributed by atoms with Crippen molar-refractivity contribution in [1.82, 2.24) is 24.6 Å². The first-order chi connectivity index (χ1) is 14.1. The van der Waals surface area contributed by atoms with Crippen LogP contribution in [0.15, 0.2) is 36.9 Å². The van der Waals surface area contributed by atoms with E-state index >= 15 is 0 Å². The van der Waals surface area contributed by atoms with Gasteiger partial charge in [-0.05, 0) is 25.6 Å². The van der Waals surface area contributed by atoms with Crippen molar-refractivity contribution in [2.75, 3.05) is 14.2 Å². The Balaban J connectivity index is 1.30. The average molecular weight is 414 g/mol. The van der Waals surface area contributed by atoms with Crippen LogP contribution in [0.25, 0.3) is 16.3 Å². The zero-order valence-corrected chi connectivity index (χ0v) is 17.1. The molecule has 1 N–H and O–H groups in total. The minimum Gasteiger partial charge on any atom is -0.507 e. The van der Waals surface area contributed by atoms with Gasteiger partial charge in [0, 0.05) is 50.5 Å². The van der Waals surface area contributed by atoms with E-state index in [9.17, 15) is 5.11 Å². The van der Waals surface area contributed by atoms with Crippen LogP contribution in [-0.4, -0.2) is 68.2 Å². The van der Waals surface area contributed by atoms with Gasteiger partial charge < -0.3 is 19.1 Å². The molecule has 2 saturated heterocycles. The Morgan fingerprint density at radius 3 is 2.86 bits per heavy atom. The number of hydrogen-bond acceptors (Lipinski definition) is 8. The van der Waals surface area contributed by atoms with Crippen LogP contribution in [0.3, 0.4) is 0 Å². The largest absolute Gasteiger partial charge is 0.507 e. The lowest BCUT2D eigenvalue weighted by Crippen LogP contribution is -2.46. The molecule has 2 bridgehead atoms. The van der Waals surface area contributed by atoms with Gasteiger partial charge in [0.25, 0.3) is 5.19 Å². The van der Waals surface area contributed by atoms with Crippen LogP contribution in [0.4, 0.5) is 0 Å². The summed E-state index contributed by atoms with van der Waals surface area (Å²) in [6.07, 6.45) is 8.54. The molecule has 2 aliphatic rings. The molecule has 2 aromatic heterocycles. The molecule has 0 radical (unpaired) electrons. The predicted octanol–water partition coefficient (Wildman–Crippen LogP) is 2.73. The number of likely N-dealkylation sites (N-methyl/N-ethyl adjacent to an activating group) is 1. The molecule has 1 aromatic carbocycles. The monoisotopic (exact) mass is 413 g/mol. The highest BCUT2D eigenvalue weighted by Gasteiger charge is 2.46. The molecule has 4 atom stereocenters. The van der Waals surface area contributed by atoms with Crippen molar-refractivity contribution in [2.45, 2.75) is 43.6 Å². The van der Waals surface area contributed by atoms with Crippen LogP contribution in [0.1, 0.15) is 19.3 Å². The lowest BCUT2D eigenvalue weighted by molar-refractivity contribution is 0.0238. The highest BCUT2D eigenvalue weighted by molar-refractivity contribution is 7.16. The highest BCUT2D eigenvalue weighted by Crippen LogP contribution is 2.39. The molecule has 2 fully saturated rings. The predicted molar refractivity (Wildman–Crippen MR) is 109 cm³/mol. The first kappa shape index (κ1) is 18.5. The number of methoxy groups -OCH3 is 1. The van der Waals surface area contributed by atoms with Gasteiger partial charge in [0.05, 0.1) is 23.7 Å². The molecule has 4 heterocycles. The molecule has 29 heavy (non-hydrogen) atoms. The molecular formula is C20H23N5O3S. The summed E-state index contributed by atoms with van der Waals surface area (Å²) in [5.41, 5.74) is 1.48. The van der Waals surface area contributed by atoms with E-state index in [0.29, 0.717) is 27.8 Å². The molecule has 2 aliphatic heterocycles. The van der Waals surface area contributed by atoms with Gasteiger partial charge in [0.15, 0.2) is 5.01 Å². The zero-order valence-electron chi connectivity index (χ0n) is 16.3. The van der Waals surface area contributed by atoms with Crippen molar-refractivity contribution in [2.24, 2.45) is 0 Å². The summed E-state index contributed by atoms with van der Waals surface area (Å²) in [6.45, 7) is 0. The van der Waals surface area contributed by atoms with Gasteiger partial charge in [-0.2, -0.15) is 0 Å². The number of piperidine rings is 1. The summed E-state index contributed by atoms with van der Waals surface area (Å²) in [6, 6.07) is 6.32. The molecule has 5 rings (SSSR count). The van der Waals surface area contributed by atoms with Crippen LogP contribution >= 0.6 is 11.3 Å². The number of hydrogen-bond donors (Lipinski definition) is 1. The maximum absolute atomic E-state index is 10.5. The Labute approximate surface area is 172 Å². The Morgan fingerprint density at radius 1 is 1.21 bits per heavy atom. The second kappa shape index (κ2) is 7.40. The number of fused-ring (bicyclic) bond motifs is 2. The molecule has 0 amide bonds. The first-order valence-electron chi connectivity index (χ1n) is 9.69. The van der Waals surface area contributed by atoms with Crippen LogP contribution in [-0.2, 0) is 4.74 Å². The van der Waals surface area contributed by atoms with E-state index in [4.69, 9.17) is 9.47 Å². The number of imidazole rings is 1. The fraction of sp³-hybridized carbons (Fsp3) is 0.450. The Hall–Kier alpha value is -2.49. The molecule has 0 spiro atoms. The van der Waals surface area contributed by atoms with Crippen molar-refractivity contribution < 1.29 is 14.6 Å². The standard InChI is InChI=1S/C20H23N5O3S/c1-24-13-7-14(10-16(24)18(9-13)27-2)28-20-23-22-19(29-20)15-4-3-12(8-17(15)26)25-6-5-21-11-25/h3-6,8,11,13-14,16,18,26H,7,9-10H2,1-2H3/t13-,14+,16+,18-/m1/s1. The fourth-order valence-corrected chi connectivity index (χ4v) is 5.30. The number of aromatic nitrogens is 4. The van der Waals surface area contributed by atoms with E-state index in [-0.39, 0.29) is 18.0 Å². The fourth-order valence-electron chi connectivity index (χ4n) is 4.51. The van der Waals surface area contributed by atoms with Crippen LogP contribution in [0.2, 0.25) is 0 Å². The zero-order chi connectivity index (χ0) is 20.0. The van der Waals surface area contributed by atoms with Gasteiger partial charge in [-0.3, -0.25) is 4.90 Å². The third-order valence-corrected chi connectivity index (χ3v) is 6.91. The molecule has 9 heteroatoms. The quantitative estimate of drug-likeness (QED) is 0.688. The summed E-state index contributed by atoms with van der Waals surface area (Å²) in [7, 11) is 3.96. The summed E-state index contributed by atoms with van der Waals surface area (Å²) >= 11 is 1.36. The van der Waals surface area contributed by atoms with Crippen molar-refractivity contribution in [3.8, 4) is 27.2 Å². The third-order valence-electron chi connectivity index (χ3n) is 6.06. The van der Waals surface area contributed by atoms with Gasteiger partial charge in [-0.25, -0.2) is 4.98 Å². The lowest BCUT2D eigenvalue weighted by atomic mass is 10.0. The van der Waals surface area contributed by atoms with E-state index < -0.39 is 0 Å². The van der Waals surface area contributed by atoms with Gasteiger partial charge in [0.2, 0.25) is 0 Å². The Bertz CT molecular complexity index is 992. The van der Waals surface area contributed by atoms with E-state index in [1.165, 1.54) is 11.3 Å². The summed E-state index contributed by atoms with van der Waals surface area (Å²) in [5, 5.41) is 20.1. The maximum atomic E-state index is 10.5. The molecule has 0 saturated carbocycles. The SMILES string of the molecule is CO[C@@H]1C[C@H]2C[C@H](Oc3nnc(-c4ccc(-n5ccnc5)cc4O)s3)C[C@@H]1N2C. The van der Waals surface area contributed by atoms with Gasteiger partial charge >= 0.3 is 0 Å². The summed E-state index contributed by atoms with van der Waals surface area (Å²) < 4.78 is 13.7. The second-order valence-corrected chi connectivity index (χ2v) is 8.59. The first-order valence-corrected chi connectivity index (χ1v) is 10.5. The van der Waals surface area contributed by atoms with Crippen molar-refractivity contribution in [3.05, 3.63) is 36.9 Å². The van der Waals surface area contributed by atoms with E-state index in [1.54, 1.807) is 25.7 Å². The number of benzene rings is 1. The number of phenols is 1. The van der Waals surface area contributed by atoms with Crippen LogP contribution in [0.5, 0.6) is 10.9 Å². The van der Waals surface area contributed by atoms with Crippen molar-refractivity contribution in [1.29, 1.82) is 0 Å². The molecule has 152 valence electrons. The van der Waals surface area contributed by atoms with Crippen LogP contribution < -0.4 is 4.74 Å². The summed E-state index contributed by atoms with van der Waals surface area (Å²) in [5.74, 6) is 0.152. The number of ether oxygens (including phenoxy) is 2. The second-order valence-electron chi connectivity index (χ2n) is 7.65. The lowest BCUT2D eigenvalue weighted by Gasteiger charge is -2.36. The number of rotatable bonds is 5. The maximum Gasteiger partial charge on any atom is 0.294 e. The van der Waals surface area contributed by atoms with Gasteiger partial charge in [-0.1, -0.05) is 16.4 Å². The topological polar surface area (TPSA) is 85.5 Å².